The Morgan fingerprint density at radius 1 is 1.31 bits per heavy atom. The van der Waals surface area contributed by atoms with E-state index in [2.05, 4.69) is 11.3 Å². The molecule has 0 atom stereocenters. The highest BCUT2D eigenvalue weighted by atomic mass is 19.4. The van der Waals surface area contributed by atoms with Crippen molar-refractivity contribution < 1.29 is 17.9 Å². The van der Waals surface area contributed by atoms with Crippen molar-refractivity contribution in [1.82, 2.24) is 0 Å². The molecule has 0 fully saturated rings. The fraction of sp³-hybridized carbons (Fsp3) is 0.333. The van der Waals surface area contributed by atoms with Crippen LogP contribution in [0, 0.1) is 0 Å². The number of alkyl halides is 3. The fourth-order valence-corrected chi connectivity index (χ4v) is 0.547. The molecule has 0 saturated carbocycles. The second kappa shape index (κ2) is 4.74. The van der Waals surface area contributed by atoms with Crippen LogP contribution in [-0.2, 0) is 4.74 Å². The quantitative estimate of drug-likeness (QED) is 0.490. The van der Waals surface area contributed by atoms with Gasteiger partial charge < -0.3 is 4.74 Å². The molecule has 0 bridgehead atoms. The molecule has 4 heteroatoms. The molecular formula is C9H11F3O. The fourth-order valence-electron chi connectivity index (χ4n) is 0.547. The Bertz CT molecular complexity index is 236. The van der Waals surface area contributed by atoms with Crippen LogP contribution < -0.4 is 0 Å². The van der Waals surface area contributed by atoms with Crippen molar-refractivity contribution >= 4 is 0 Å². The Labute approximate surface area is 75.2 Å². The van der Waals surface area contributed by atoms with Crippen molar-refractivity contribution in [2.24, 2.45) is 0 Å². The maximum absolute atomic E-state index is 11.7. The molecular weight excluding hydrogens is 181 g/mol. The van der Waals surface area contributed by atoms with Crippen LogP contribution in [0.3, 0.4) is 0 Å². The van der Waals surface area contributed by atoms with E-state index in [0.29, 0.717) is 5.57 Å². The van der Waals surface area contributed by atoms with E-state index in [1.54, 1.807) is 6.92 Å². The van der Waals surface area contributed by atoms with Gasteiger partial charge in [0, 0.05) is 0 Å². The summed E-state index contributed by atoms with van der Waals surface area (Å²) in [7, 11) is 0. The maximum Gasteiger partial charge on any atom is 0.573 e. The molecule has 0 aromatic rings. The van der Waals surface area contributed by atoms with Crippen molar-refractivity contribution in [2.45, 2.75) is 20.2 Å². The summed E-state index contributed by atoms with van der Waals surface area (Å²) in [6.45, 7) is 6.65. The molecule has 0 aliphatic rings. The lowest BCUT2D eigenvalue weighted by Gasteiger charge is -2.08. The van der Waals surface area contributed by atoms with E-state index in [0.717, 1.165) is 0 Å². The smallest absolute Gasteiger partial charge is 0.406 e. The highest BCUT2D eigenvalue weighted by Gasteiger charge is 2.31. The number of halogens is 3. The molecule has 0 spiro atoms. The molecule has 0 aromatic heterocycles. The first-order valence-corrected chi connectivity index (χ1v) is 3.61. The standard InChI is InChI=1S/C9H11F3O/c1-4-8(6-5-7(2)3)13-9(10,11)12/h4-6H,2H2,1,3H3/b6-5-,8-4+. The first-order chi connectivity index (χ1) is 5.85. The third kappa shape index (κ3) is 7.18. The summed E-state index contributed by atoms with van der Waals surface area (Å²) in [4.78, 5) is 0. The van der Waals surface area contributed by atoms with Gasteiger partial charge in [-0.1, -0.05) is 18.2 Å². The van der Waals surface area contributed by atoms with Crippen molar-refractivity contribution in [3.63, 3.8) is 0 Å². The van der Waals surface area contributed by atoms with E-state index >= 15 is 0 Å². The van der Waals surface area contributed by atoms with Gasteiger partial charge >= 0.3 is 6.36 Å². The van der Waals surface area contributed by atoms with Gasteiger partial charge in [0.05, 0.1) is 0 Å². The molecule has 0 saturated heterocycles. The second-order valence-electron chi connectivity index (χ2n) is 2.42. The normalized spacial score (nSPS) is 13.5. The van der Waals surface area contributed by atoms with Crippen LogP contribution in [-0.4, -0.2) is 6.36 Å². The SMILES string of the molecule is C=C(C)/C=C\C(=C/C)OC(F)(F)F. The lowest BCUT2D eigenvalue weighted by molar-refractivity contribution is -0.303. The molecule has 0 radical (unpaired) electrons. The molecule has 0 aromatic carbocycles. The topological polar surface area (TPSA) is 9.23 Å². The highest BCUT2D eigenvalue weighted by molar-refractivity contribution is 5.20. The molecule has 13 heavy (non-hydrogen) atoms. The minimum absolute atomic E-state index is 0.240. The zero-order chi connectivity index (χ0) is 10.5. The van der Waals surface area contributed by atoms with Crippen LogP contribution in [0.15, 0.2) is 36.1 Å². The van der Waals surface area contributed by atoms with E-state index in [-0.39, 0.29) is 5.76 Å². The Hall–Kier alpha value is -1.19. The van der Waals surface area contributed by atoms with Gasteiger partial charge in [0.15, 0.2) is 0 Å². The summed E-state index contributed by atoms with van der Waals surface area (Å²) in [6.07, 6.45) is -0.745. The van der Waals surface area contributed by atoms with Gasteiger partial charge in [-0.15, -0.1) is 13.2 Å². The van der Waals surface area contributed by atoms with Gasteiger partial charge in [0.25, 0.3) is 0 Å². The summed E-state index contributed by atoms with van der Waals surface area (Å²) in [5.41, 5.74) is 0.658. The highest BCUT2D eigenvalue weighted by Crippen LogP contribution is 2.21. The average molecular weight is 192 g/mol. The lowest BCUT2D eigenvalue weighted by Crippen LogP contribution is -2.11. The third-order valence-corrected chi connectivity index (χ3v) is 1.05. The second-order valence-corrected chi connectivity index (χ2v) is 2.42. The summed E-state index contributed by atoms with van der Waals surface area (Å²) in [6, 6.07) is 0. The Balaban J connectivity index is 4.31. The minimum atomic E-state index is -4.64. The number of hydrogen-bond acceptors (Lipinski definition) is 1. The average Bonchev–Trinajstić information content (AvgIpc) is 1.95. The zero-order valence-electron chi connectivity index (χ0n) is 7.48. The van der Waals surface area contributed by atoms with E-state index < -0.39 is 6.36 Å². The Morgan fingerprint density at radius 3 is 2.15 bits per heavy atom. The number of hydrogen-bond donors (Lipinski definition) is 0. The van der Waals surface area contributed by atoms with Crippen LogP contribution in [0.2, 0.25) is 0 Å². The first kappa shape index (κ1) is 11.8. The monoisotopic (exact) mass is 192 g/mol. The van der Waals surface area contributed by atoms with Gasteiger partial charge in [0.1, 0.15) is 5.76 Å². The van der Waals surface area contributed by atoms with Crippen LogP contribution in [0.1, 0.15) is 13.8 Å². The predicted molar refractivity (Wildman–Crippen MR) is 44.9 cm³/mol. The Kier molecular flexibility index (Phi) is 4.31. The van der Waals surface area contributed by atoms with Crippen LogP contribution in [0.5, 0.6) is 0 Å². The number of rotatable bonds is 3. The molecule has 0 rings (SSSR count). The number of ether oxygens (including phenoxy) is 1. The summed E-state index contributed by atoms with van der Waals surface area (Å²) < 4.78 is 38.8. The van der Waals surface area contributed by atoms with Gasteiger partial charge in [-0.2, -0.15) is 0 Å². The molecule has 0 aliphatic heterocycles. The van der Waals surface area contributed by atoms with Gasteiger partial charge in [-0.05, 0) is 26.0 Å². The zero-order valence-corrected chi connectivity index (χ0v) is 7.48. The van der Waals surface area contributed by atoms with Crippen molar-refractivity contribution in [1.29, 1.82) is 0 Å². The van der Waals surface area contributed by atoms with E-state index in [9.17, 15) is 13.2 Å². The van der Waals surface area contributed by atoms with Gasteiger partial charge in [-0.25, -0.2) is 0 Å². The predicted octanol–water partition coefficient (Wildman–Crippen LogP) is 3.56. The van der Waals surface area contributed by atoms with Crippen LogP contribution in [0.4, 0.5) is 13.2 Å². The van der Waals surface area contributed by atoms with Crippen molar-refractivity contribution in [3.8, 4) is 0 Å². The Morgan fingerprint density at radius 2 is 1.85 bits per heavy atom. The van der Waals surface area contributed by atoms with Crippen molar-refractivity contribution in [2.75, 3.05) is 0 Å². The third-order valence-electron chi connectivity index (χ3n) is 1.05. The van der Waals surface area contributed by atoms with E-state index in [1.165, 1.54) is 25.2 Å². The lowest BCUT2D eigenvalue weighted by atomic mass is 10.3. The number of allylic oxidation sites excluding steroid dienone is 4. The molecule has 74 valence electrons. The molecule has 0 heterocycles. The maximum atomic E-state index is 11.7. The minimum Gasteiger partial charge on any atom is -0.406 e. The molecule has 1 nitrogen and oxygen atoms in total. The molecule has 0 unspecified atom stereocenters. The van der Waals surface area contributed by atoms with Gasteiger partial charge in [0.2, 0.25) is 0 Å². The van der Waals surface area contributed by atoms with E-state index in [4.69, 9.17) is 0 Å². The summed E-state index contributed by atoms with van der Waals surface area (Å²) >= 11 is 0. The summed E-state index contributed by atoms with van der Waals surface area (Å²) in [5, 5.41) is 0. The van der Waals surface area contributed by atoms with Crippen molar-refractivity contribution in [3.05, 3.63) is 36.1 Å². The van der Waals surface area contributed by atoms with Crippen LogP contribution in [0.25, 0.3) is 0 Å². The van der Waals surface area contributed by atoms with Gasteiger partial charge in [-0.3, -0.25) is 0 Å². The van der Waals surface area contributed by atoms with Crippen LogP contribution >= 0.6 is 0 Å². The molecule has 0 N–H and O–H groups in total. The van der Waals surface area contributed by atoms with E-state index in [1.807, 2.05) is 0 Å². The molecule has 0 aliphatic carbocycles. The first-order valence-electron chi connectivity index (χ1n) is 3.61. The molecule has 0 amide bonds. The summed E-state index contributed by atoms with van der Waals surface area (Å²) in [5.74, 6) is -0.240. The largest absolute Gasteiger partial charge is 0.573 e.